The van der Waals surface area contributed by atoms with Crippen molar-refractivity contribution in [2.24, 2.45) is 5.84 Å². The van der Waals surface area contributed by atoms with E-state index in [0.717, 1.165) is 16.7 Å². The summed E-state index contributed by atoms with van der Waals surface area (Å²) in [6.45, 7) is 11.1. The summed E-state index contributed by atoms with van der Waals surface area (Å²) in [5.74, 6) is 1.38. The lowest BCUT2D eigenvalue weighted by Crippen LogP contribution is -2.56. The number of benzene rings is 5. The quantitative estimate of drug-likeness (QED) is 0.0460. The van der Waals surface area contributed by atoms with E-state index in [9.17, 15) is 37.1 Å². The lowest BCUT2D eigenvalue weighted by atomic mass is 10.1. The molecule has 17 heteroatoms. The Kier molecular flexibility index (Phi) is 21.9. The van der Waals surface area contributed by atoms with Crippen LogP contribution in [0.15, 0.2) is 115 Å². The Bertz CT molecular complexity index is 2280. The molecule has 5 aromatic carbocycles. The smallest absolute Gasteiger partial charge is 0.338 e. The zero-order chi connectivity index (χ0) is 47.7. The van der Waals surface area contributed by atoms with Gasteiger partial charge in [0.05, 0.1) is 27.8 Å². The third-order valence-corrected chi connectivity index (χ3v) is 10.5. The number of carboxylic acid groups (broad SMARTS) is 1. The number of rotatable bonds is 8. The van der Waals surface area contributed by atoms with E-state index >= 15 is 0 Å². The van der Waals surface area contributed by atoms with Crippen LogP contribution in [0.4, 0.5) is 13.2 Å². The molecule has 0 heterocycles. The van der Waals surface area contributed by atoms with Gasteiger partial charge in [-0.1, -0.05) is 102 Å². The molecule has 0 aliphatic carbocycles. The van der Waals surface area contributed by atoms with Crippen molar-refractivity contribution in [3.8, 4) is 0 Å². The minimum absolute atomic E-state index is 0.0821. The third-order valence-electron chi connectivity index (χ3n) is 8.32. The SMILES string of the molecule is CC(C)(C)N(N)C(=O)c1ccccc1.CC(C)(C)N(NC(=O)c1ccc(CBr)cc1F)C(=O)c1ccccc1.O=C(Cl)c1ccc(CBr)cc1F.O=C(O)c1ccc(CBr)cc1F. The molecule has 0 bridgehead atoms. The molecule has 0 saturated carbocycles. The first-order chi connectivity index (χ1) is 29.5. The Hall–Kier alpha value is -4.87. The normalized spacial score (nSPS) is 10.6. The molecule has 10 nitrogen and oxygen atoms in total. The third kappa shape index (κ3) is 17.3. The lowest BCUT2D eigenvalue weighted by Gasteiger charge is -2.35. The predicted octanol–water partition coefficient (Wildman–Crippen LogP) is 11.6. The highest BCUT2D eigenvalue weighted by Crippen LogP contribution is 2.19. The van der Waals surface area contributed by atoms with Crippen LogP contribution in [0.1, 0.15) is 110 Å². The van der Waals surface area contributed by atoms with Crippen LogP contribution >= 0.6 is 59.4 Å². The molecule has 0 aliphatic rings. The van der Waals surface area contributed by atoms with Crippen LogP contribution in [0.2, 0.25) is 0 Å². The Balaban J connectivity index is 0.000000307. The molecular weight excluding hydrogens is 1040 g/mol. The highest BCUT2D eigenvalue weighted by Gasteiger charge is 2.30. The number of aromatic carboxylic acids is 1. The highest BCUT2D eigenvalue weighted by molar-refractivity contribution is 9.09. The summed E-state index contributed by atoms with van der Waals surface area (Å²) in [6.07, 6.45) is 0. The van der Waals surface area contributed by atoms with Gasteiger partial charge < -0.3 is 5.11 Å². The topological polar surface area (TPSA) is 150 Å². The van der Waals surface area contributed by atoms with Crippen molar-refractivity contribution in [1.82, 2.24) is 15.4 Å². The summed E-state index contributed by atoms with van der Waals surface area (Å²) in [5, 5.41) is 11.8. The van der Waals surface area contributed by atoms with Crippen molar-refractivity contribution in [3.63, 3.8) is 0 Å². The number of nitrogens with two attached hydrogens (primary N) is 1. The van der Waals surface area contributed by atoms with Gasteiger partial charge in [0.15, 0.2) is 0 Å². The van der Waals surface area contributed by atoms with Crippen LogP contribution in [0.5, 0.6) is 0 Å². The molecule has 0 aromatic heterocycles. The molecule has 0 unspecified atom stereocenters. The van der Waals surface area contributed by atoms with E-state index in [1.54, 1.807) is 81.4 Å². The van der Waals surface area contributed by atoms with E-state index in [-0.39, 0.29) is 34.0 Å². The number of hydrazine groups is 2. The fourth-order valence-electron chi connectivity index (χ4n) is 4.86. The molecule has 0 radical (unpaired) electrons. The number of carboxylic acids is 1. The second-order valence-electron chi connectivity index (χ2n) is 15.3. The van der Waals surface area contributed by atoms with Gasteiger partial charge in [0.1, 0.15) is 17.5 Å². The number of nitrogens with zero attached hydrogens (tertiary/aromatic N) is 2. The van der Waals surface area contributed by atoms with Gasteiger partial charge >= 0.3 is 5.97 Å². The van der Waals surface area contributed by atoms with Gasteiger partial charge in [-0.25, -0.2) is 28.8 Å². The Morgan fingerprint density at radius 1 is 0.587 bits per heavy atom. The van der Waals surface area contributed by atoms with Crippen LogP contribution in [-0.4, -0.2) is 55.1 Å². The first-order valence-electron chi connectivity index (χ1n) is 18.8. The summed E-state index contributed by atoms with van der Waals surface area (Å²) >= 11 is 14.7. The van der Waals surface area contributed by atoms with Crippen LogP contribution < -0.4 is 11.3 Å². The van der Waals surface area contributed by atoms with E-state index in [1.165, 1.54) is 46.4 Å². The van der Waals surface area contributed by atoms with Gasteiger partial charge in [-0.15, -0.1) is 0 Å². The van der Waals surface area contributed by atoms with E-state index in [2.05, 4.69) is 53.2 Å². The molecule has 0 spiro atoms. The maximum atomic E-state index is 14.2. The van der Waals surface area contributed by atoms with Gasteiger partial charge in [-0.2, -0.15) is 0 Å². The summed E-state index contributed by atoms with van der Waals surface area (Å²) in [4.78, 5) is 58.0. The minimum Gasteiger partial charge on any atom is -0.478 e. The van der Waals surface area contributed by atoms with Crippen LogP contribution in [-0.2, 0) is 16.0 Å². The lowest BCUT2D eigenvalue weighted by molar-refractivity contribution is 0.0357. The molecule has 5 aromatic rings. The van der Waals surface area contributed by atoms with Crippen molar-refractivity contribution in [2.75, 3.05) is 0 Å². The largest absolute Gasteiger partial charge is 0.478 e. The number of alkyl halides is 3. The van der Waals surface area contributed by atoms with Gasteiger partial charge in [-0.05, 0) is 130 Å². The van der Waals surface area contributed by atoms with E-state index in [4.69, 9.17) is 22.6 Å². The van der Waals surface area contributed by atoms with Gasteiger partial charge in [-0.3, -0.25) is 29.6 Å². The molecule has 336 valence electrons. The van der Waals surface area contributed by atoms with Crippen molar-refractivity contribution in [1.29, 1.82) is 0 Å². The molecule has 4 N–H and O–H groups in total. The average molecular weight is 1080 g/mol. The standard InChI is InChI=1S/C19H20BrFN2O2.C11H16N2O.C8H5BrClFO.C8H6BrFO2/c1-19(2,3)23(18(25)14-7-5-4-6-8-14)22-17(24)15-10-9-13(12-20)11-16(15)21;1-11(2,3)13(12)10(14)9-7-5-4-6-8-9;9-4-5-1-2-6(8(10)12)7(11)3-5;9-4-5-1-2-6(8(11)12)7(10)3-5/h4-11H,12H2,1-3H3,(H,22,24);4-8H,12H2,1-3H3;1-3H,4H2;1-3H,4H2,(H,11,12). The second kappa shape index (κ2) is 25.4. The Labute approximate surface area is 395 Å². The zero-order valence-corrected chi connectivity index (χ0v) is 40.7. The van der Waals surface area contributed by atoms with Crippen LogP contribution in [0.25, 0.3) is 0 Å². The Morgan fingerprint density at radius 3 is 1.27 bits per heavy atom. The average Bonchev–Trinajstić information content (AvgIpc) is 3.24. The summed E-state index contributed by atoms with van der Waals surface area (Å²) in [5.41, 5.74) is 4.29. The molecular formula is C46H47Br3ClF3N4O6. The van der Waals surface area contributed by atoms with Crippen molar-refractivity contribution < 1.29 is 42.3 Å². The molecule has 5 rings (SSSR count). The number of carbonyl (C=O) groups excluding carboxylic acids is 4. The van der Waals surface area contributed by atoms with Gasteiger partial charge in [0.25, 0.3) is 23.0 Å². The number of amides is 3. The minimum atomic E-state index is -1.24. The van der Waals surface area contributed by atoms with Gasteiger partial charge in [0.2, 0.25) is 0 Å². The van der Waals surface area contributed by atoms with E-state index in [0.29, 0.717) is 27.1 Å². The molecule has 0 aliphatic heterocycles. The van der Waals surface area contributed by atoms with Crippen molar-refractivity contribution >= 4 is 88.3 Å². The highest BCUT2D eigenvalue weighted by atomic mass is 79.9. The molecule has 0 fully saturated rings. The zero-order valence-electron chi connectivity index (χ0n) is 35.2. The number of nitrogens with one attached hydrogen (secondary N) is 1. The number of hydrogen-bond acceptors (Lipinski definition) is 6. The maximum absolute atomic E-state index is 14.2. The summed E-state index contributed by atoms with van der Waals surface area (Å²) in [6, 6.07) is 30.4. The van der Waals surface area contributed by atoms with E-state index < -0.39 is 40.1 Å². The monoisotopic (exact) mass is 1080 g/mol. The van der Waals surface area contributed by atoms with E-state index in [1.807, 2.05) is 39.0 Å². The molecule has 0 atom stereocenters. The molecule has 0 saturated heterocycles. The van der Waals surface area contributed by atoms with Crippen molar-refractivity contribution in [3.05, 3.63) is 177 Å². The first kappa shape index (κ1) is 54.3. The summed E-state index contributed by atoms with van der Waals surface area (Å²) in [7, 11) is 0. The fraction of sp³-hybridized carbons (Fsp3) is 0.239. The first-order valence-corrected chi connectivity index (χ1v) is 22.5. The number of hydrogen-bond donors (Lipinski definition) is 3. The maximum Gasteiger partial charge on any atom is 0.338 e. The summed E-state index contributed by atoms with van der Waals surface area (Å²) < 4.78 is 40.0. The fourth-order valence-corrected chi connectivity index (χ4v) is 6.06. The predicted molar refractivity (Wildman–Crippen MR) is 251 cm³/mol. The second-order valence-corrected chi connectivity index (χ2v) is 17.3. The van der Waals surface area contributed by atoms with Crippen LogP contribution in [0, 0.1) is 17.5 Å². The molecule has 3 amide bonds. The van der Waals surface area contributed by atoms with Crippen molar-refractivity contribution in [2.45, 2.75) is 68.6 Å². The Morgan fingerprint density at radius 2 is 0.952 bits per heavy atom. The molecule has 63 heavy (non-hydrogen) atoms. The van der Waals surface area contributed by atoms with Crippen LogP contribution in [0.3, 0.4) is 0 Å². The van der Waals surface area contributed by atoms with Gasteiger partial charge in [0, 0.05) is 27.1 Å². The number of halogens is 7. The number of carbonyl (C=O) groups is 5.